The maximum absolute atomic E-state index is 2.82. The molecule has 1 nitrogen and oxygen atoms in total. The van der Waals surface area contributed by atoms with Crippen LogP contribution in [-0.2, 0) is 0 Å². The van der Waals surface area contributed by atoms with Gasteiger partial charge in [0.25, 0.3) is 0 Å². The van der Waals surface area contributed by atoms with Crippen molar-refractivity contribution in [1.29, 1.82) is 0 Å². The Balaban J connectivity index is 0. The van der Waals surface area contributed by atoms with E-state index in [1.54, 1.807) is 0 Å². The Morgan fingerprint density at radius 1 is 0.524 bits per heavy atom. The van der Waals surface area contributed by atoms with Gasteiger partial charge in [0.15, 0.2) is 0 Å². The second-order valence-corrected chi connectivity index (χ2v) is 7.30. The maximum atomic E-state index is 2.82. The second-order valence-electron chi connectivity index (χ2n) is 6.73. The van der Waals surface area contributed by atoms with E-state index in [4.69, 9.17) is 0 Å². The molecule has 0 amide bonds. The largest absolute Gasteiger partial charge is 0.312 e. The summed E-state index contributed by atoms with van der Waals surface area (Å²) in [6.07, 6.45) is 21.7. The molecule has 2 heteroatoms. The van der Waals surface area contributed by atoms with E-state index >= 15 is 0 Å². The third-order valence-corrected chi connectivity index (χ3v) is 3.97. The van der Waals surface area contributed by atoms with Crippen LogP contribution in [0.5, 0.6) is 0 Å². The van der Waals surface area contributed by atoms with Crippen LogP contribution >= 0.6 is 9.24 Å². The summed E-state index contributed by atoms with van der Waals surface area (Å²) in [5.41, 5.74) is 0. The van der Waals surface area contributed by atoms with Gasteiger partial charge in [-0.15, -0.1) is 9.24 Å². The Morgan fingerprint density at radius 3 is 1.00 bits per heavy atom. The van der Waals surface area contributed by atoms with Crippen LogP contribution < -0.4 is 0 Å². The van der Waals surface area contributed by atoms with Crippen molar-refractivity contribution in [3.8, 4) is 0 Å². The van der Waals surface area contributed by atoms with E-state index in [-0.39, 0.29) is 0 Å². The molecule has 0 aromatic rings. The molecule has 0 aromatic carbocycles. The summed E-state index contributed by atoms with van der Waals surface area (Å²) in [6.45, 7) is 2.29. The van der Waals surface area contributed by atoms with Crippen LogP contribution in [0.4, 0.5) is 0 Å². The molecule has 0 saturated carbocycles. The first-order valence-corrected chi connectivity index (χ1v) is 10.3. The molecule has 0 saturated heterocycles. The lowest BCUT2D eigenvalue weighted by Crippen LogP contribution is -1.99. The van der Waals surface area contributed by atoms with Gasteiger partial charge in [-0.3, -0.25) is 0 Å². The molecular formula is C19H44NP. The molecule has 0 heterocycles. The molecule has 0 spiro atoms. The molecule has 21 heavy (non-hydrogen) atoms. The maximum Gasteiger partial charge on any atom is -0.0140 e. The lowest BCUT2D eigenvalue weighted by atomic mass is 10.0. The smallest absolute Gasteiger partial charge is 0.0140 e. The van der Waals surface area contributed by atoms with Crippen molar-refractivity contribution >= 4 is 9.24 Å². The molecular weight excluding hydrogens is 273 g/mol. The van der Waals surface area contributed by atoms with Crippen molar-refractivity contribution in [1.82, 2.24) is 4.90 Å². The fraction of sp³-hybridized carbons (Fsp3) is 1.00. The average Bonchev–Trinajstić information content (AvgIpc) is 2.43. The van der Waals surface area contributed by atoms with Gasteiger partial charge in [0, 0.05) is 0 Å². The van der Waals surface area contributed by atoms with Crippen molar-refractivity contribution in [2.75, 3.05) is 27.3 Å². The van der Waals surface area contributed by atoms with Gasteiger partial charge in [-0.2, -0.15) is 0 Å². The highest BCUT2D eigenvalue weighted by Gasteiger charge is 1.93. The summed E-state index contributed by atoms with van der Waals surface area (Å²) in [7, 11) is 8.82. The number of rotatable bonds is 14. The van der Waals surface area contributed by atoms with Gasteiger partial charge >= 0.3 is 0 Å². The Morgan fingerprint density at radius 2 is 0.762 bits per heavy atom. The van der Waals surface area contributed by atoms with Gasteiger partial charge in [-0.1, -0.05) is 90.4 Å². The fourth-order valence-electron chi connectivity index (χ4n) is 2.34. The molecule has 1 unspecified atom stereocenters. The number of hydrogen-bond acceptors (Lipinski definition) is 1. The monoisotopic (exact) mass is 317 g/mol. The molecule has 0 fully saturated rings. The van der Waals surface area contributed by atoms with E-state index in [1.807, 2.05) is 26.0 Å². The fourth-order valence-corrected chi connectivity index (χ4v) is 2.63. The zero-order valence-corrected chi connectivity index (χ0v) is 16.8. The molecule has 0 aromatic heterocycles. The van der Waals surface area contributed by atoms with Crippen LogP contribution in [0, 0.1) is 0 Å². The van der Waals surface area contributed by atoms with Crippen molar-refractivity contribution < 1.29 is 0 Å². The van der Waals surface area contributed by atoms with Gasteiger partial charge in [0.2, 0.25) is 0 Å². The molecule has 130 valence electrons. The minimum atomic E-state index is 1.29. The van der Waals surface area contributed by atoms with Crippen LogP contribution in [0.25, 0.3) is 0 Å². The topological polar surface area (TPSA) is 3.24 Å². The zero-order valence-electron chi connectivity index (χ0n) is 15.6. The third kappa shape index (κ3) is 33.3. The predicted octanol–water partition coefficient (Wildman–Crippen LogP) is 6.52. The minimum Gasteiger partial charge on any atom is -0.312 e. The molecule has 1 atom stereocenters. The molecule has 0 N–H and O–H groups in total. The van der Waals surface area contributed by atoms with Gasteiger partial charge in [0.05, 0.1) is 0 Å². The first kappa shape index (κ1) is 23.7. The van der Waals surface area contributed by atoms with E-state index < -0.39 is 0 Å². The van der Waals surface area contributed by atoms with E-state index in [9.17, 15) is 0 Å². The van der Waals surface area contributed by atoms with E-state index in [0.29, 0.717) is 0 Å². The van der Waals surface area contributed by atoms with Crippen LogP contribution in [0.1, 0.15) is 96.8 Å². The standard InChI is InChI=1S/C16H35P.C3H9N/c1-2-3-4-5-6-7-8-9-10-11-12-13-14-15-16-17;1-4(2)3/h2-17H2,1H3;1-3H3. The zero-order chi connectivity index (χ0) is 16.2. The van der Waals surface area contributed by atoms with Crippen molar-refractivity contribution in [3.63, 3.8) is 0 Å². The van der Waals surface area contributed by atoms with Gasteiger partial charge < -0.3 is 4.90 Å². The quantitative estimate of drug-likeness (QED) is 0.260. The van der Waals surface area contributed by atoms with Gasteiger partial charge in [-0.25, -0.2) is 0 Å². The Labute approximate surface area is 138 Å². The molecule has 0 aliphatic heterocycles. The summed E-state index contributed by atoms with van der Waals surface area (Å²) in [4.78, 5) is 2.00. The van der Waals surface area contributed by atoms with Gasteiger partial charge in [-0.05, 0) is 33.7 Å². The average molecular weight is 318 g/mol. The lowest BCUT2D eigenvalue weighted by Gasteiger charge is -2.02. The number of unbranched alkanes of at least 4 members (excludes halogenated alkanes) is 13. The third-order valence-electron chi connectivity index (χ3n) is 3.56. The number of hydrogen-bond donors (Lipinski definition) is 0. The molecule has 0 radical (unpaired) electrons. The first-order chi connectivity index (χ1) is 10.1. The summed E-state index contributed by atoms with van der Waals surface area (Å²) in [6, 6.07) is 0. The van der Waals surface area contributed by atoms with E-state index in [2.05, 4.69) is 16.2 Å². The highest BCUT2D eigenvalue weighted by Crippen LogP contribution is 2.12. The number of nitrogens with zero attached hydrogens (tertiary/aromatic N) is 1. The predicted molar refractivity (Wildman–Crippen MR) is 105 cm³/mol. The van der Waals surface area contributed by atoms with Crippen LogP contribution in [0.15, 0.2) is 0 Å². The van der Waals surface area contributed by atoms with Crippen LogP contribution in [0.2, 0.25) is 0 Å². The van der Waals surface area contributed by atoms with Crippen molar-refractivity contribution in [3.05, 3.63) is 0 Å². The molecule has 0 aliphatic carbocycles. The summed E-state index contributed by atoms with van der Waals surface area (Å²) < 4.78 is 0. The Hall–Kier alpha value is 0.390. The summed E-state index contributed by atoms with van der Waals surface area (Å²) in [5, 5.41) is 0. The molecule has 0 bridgehead atoms. The Bertz CT molecular complexity index is 143. The SMILES string of the molecule is CCCCCCCCCCCCCCCCP.CN(C)C. The van der Waals surface area contributed by atoms with Crippen LogP contribution in [0.3, 0.4) is 0 Å². The molecule has 0 rings (SSSR count). The highest BCUT2D eigenvalue weighted by atomic mass is 31.0. The summed E-state index contributed by atoms with van der Waals surface area (Å²) >= 11 is 0. The van der Waals surface area contributed by atoms with Crippen LogP contribution in [-0.4, -0.2) is 32.2 Å². The van der Waals surface area contributed by atoms with Gasteiger partial charge in [0.1, 0.15) is 0 Å². The molecule has 0 aliphatic rings. The lowest BCUT2D eigenvalue weighted by molar-refractivity contribution is 0.505. The highest BCUT2D eigenvalue weighted by molar-refractivity contribution is 7.16. The van der Waals surface area contributed by atoms with Crippen molar-refractivity contribution in [2.45, 2.75) is 96.8 Å². The van der Waals surface area contributed by atoms with Crippen molar-refractivity contribution in [2.24, 2.45) is 0 Å². The first-order valence-electron chi connectivity index (χ1n) is 9.46. The minimum absolute atomic E-state index is 1.29. The van der Waals surface area contributed by atoms with E-state index in [1.165, 1.54) is 96.1 Å². The van der Waals surface area contributed by atoms with E-state index in [0.717, 1.165) is 0 Å². The summed E-state index contributed by atoms with van der Waals surface area (Å²) in [5.74, 6) is 0. The Kier molecular flexibility index (Phi) is 25.5. The normalized spacial score (nSPS) is 10.6. The second kappa shape index (κ2) is 22.7.